The summed E-state index contributed by atoms with van der Waals surface area (Å²) in [5.41, 5.74) is 7.38. The molecule has 1 atom stereocenters. The van der Waals surface area contributed by atoms with E-state index in [1.165, 1.54) is 0 Å². The molecule has 0 fully saturated rings. The third kappa shape index (κ3) is 3.55. The molecular weight excluding hydrogens is 204 g/mol. The first-order valence-electron chi connectivity index (χ1n) is 5.28. The summed E-state index contributed by atoms with van der Waals surface area (Å²) in [6.45, 7) is 6.06. The summed E-state index contributed by atoms with van der Waals surface area (Å²) >= 11 is 0. The molecule has 0 saturated heterocycles. The van der Waals surface area contributed by atoms with Crippen LogP contribution in [-0.2, 0) is 0 Å². The Kier molecular flexibility index (Phi) is 4.31. The van der Waals surface area contributed by atoms with Gasteiger partial charge in [-0.15, -0.1) is 0 Å². The predicted molar refractivity (Wildman–Crippen MR) is 63.6 cm³/mol. The standard InChI is InChI=1S/C12H18N2O2/c1-8-4-5-9(2)11(6-8)16-12(15)14-10(3)7-13/h4-6,10H,7,13H2,1-3H3,(H,14,15). The van der Waals surface area contributed by atoms with Crippen molar-refractivity contribution in [2.75, 3.05) is 6.54 Å². The van der Waals surface area contributed by atoms with Gasteiger partial charge in [-0.25, -0.2) is 4.79 Å². The Labute approximate surface area is 95.8 Å². The van der Waals surface area contributed by atoms with E-state index >= 15 is 0 Å². The first-order valence-corrected chi connectivity index (χ1v) is 5.28. The van der Waals surface area contributed by atoms with Crippen LogP contribution in [0.3, 0.4) is 0 Å². The maximum absolute atomic E-state index is 11.5. The van der Waals surface area contributed by atoms with E-state index in [1.807, 2.05) is 39.0 Å². The molecule has 1 aromatic rings. The Hall–Kier alpha value is -1.55. The zero-order chi connectivity index (χ0) is 12.1. The van der Waals surface area contributed by atoms with Crippen molar-refractivity contribution in [1.29, 1.82) is 0 Å². The highest BCUT2D eigenvalue weighted by atomic mass is 16.6. The smallest absolute Gasteiger partial charge is 0.410 e. The zero-order valence-electron chi connectivity index (χ0n) is 9.91. The molecule has 0 radical (unpaired) electrons. The van der Waals surface area contributed by atoms with E-state index in [4.69, 9.17) is 10.5 Å². The van der Waals surface area contributed by atoms with Crippen LogP contribution in [0.25, 0.3) is 0 Å². The van der Waals surface area contributed by atoms with Gasteiger partial charge in [-0.3, -0.25) is 0 Å². The van der Waals surface area contributed by atoms with Gasteiger partial charge in [0.15, 0.2) is 0 Å². The van der Waals surface area contributed by atoms with Crippen molar-refractivity contribution in [2.24, 2.45) is 5.73 Å². The van der Waals surface area contributed by atoms with Crippen molar-refractivity contribution < 1.29 is 9.53 Å². The molecule has 0 aliphatic rings. The Bertz CT molecular complexity index is 377. The number of amides is 1. The molecule has 1 unspecified atom stereocenters. The molecule has 0 bridgehead atoms. The van der Waals surface area contributed by atoms with E-state index in [0.717, 1.165) is 11.1 Å². The Morgan fingerprint density at radius 3 is 2.81 bits per heavy atom. The van der Waals surface area contributed by atoms with Gasteiger partial charge in [-0.05, 0) is 38.0 Å². The number of nitrogens with one attached hydrogen (secondary N) is 1. The third-order valence-electron chi connectivity index (χ3n) is 2.26. The van der Waals surface area contributed by atoms with Crippen LogP contribution in [0.5, 0.6) is 5.75 Å². The van der Waals surface area contributed by atoms with Gasteiger partial charge in [0.25, 0.3) is 0 Å². The van der Waals surface area contributed by atoms with Crippen LogP contribution in [0.1, 0.15) is 18.1 Å². The van der Waals surface area contributed by atoms with Gasteiger partial charge in [0.1, 0.15) is 5.75 Å². The molecule has 0 spiro atoms. The quantitative estimate of drug-likeness (QED) is 0.818. The number of rotatable bonds is 3. The molecule has 0 aliphatic heterocycles. The fourth-order valence-corrected chi connectivity index (χ4v) is 1.21. The van der Waals surface area contributed by atoms with E-state index < -0.39 is 6.09 Å². The summed E-state index contributed by atoms with van der Waals surface area (Å²) < 4.78 is 5.19. The summed E-state index contributed by atoms with van der Waals surface area (Å²) in [5.74, 6) is 0.585. The fraction of sp³-hybridized carbons (Fsp3) is 0.417. The topological polar surface area (TPSA) is 64.3 Å². The number of hydrogen-bond acceptors (Lipinski definition) is 3. The minimum atomic E-state index is -0.466. The second-order valence-electron chi connectivity index (χ2n) is 3.94. The highest BCUT2D eigenvalue weighted by Crippen LogP contribution is 2.19. The lowest BCUT2D eigenvalue weighted by Gasteiger charge is -2.12. The second-order valence-corrected chi connectivity index (χ2v) is 3.94. The van der Waals surface area contributed by atoms with Crippen molar-refractivity contribution >= 4 is 6.09 Å². The molecule has 1 aromatic carbocycles. The van der Waals surface area contributed by atoms with Crippen LogP contribution >= 0.6 is 0 Å². The van der Waals surface area contributed by atoms with E-state index in [2.05, 4.69) is 5.32 Å². The molecule has 16 heavy (non-hydrogen) atoms. The normalized spacial score (nSPS) is 12.0. The Morgan fingerprint density at radius 2 is 2.19 bits per heavy atom. The lowest BCUT2D eigenvalue weighted by molar-refractivity contribution is 0.197. The molecule has 0 aliphatic carbocycles. The van der Waals surface area contributed by atoms with Gasteiger partial charge in [0.2, 0.25) is 0 Å². The predicted octanol–water partition coefficient (Wildman–Crippen LogP) is 1.74. The van der Waals surface area contributed by atoms with Gasteiger partial charge in [-0.2, -0.15) is 0 Å². The van der Waals surface area contributed by atoms with Crippen LogP contribution in [-0.4, -0.2) is 18.7 Å². The number of carbonyl (C=O) groups excluding carboxylic acids is 1. The molecule has 4 nitrogen and oxygen atoms in total. The fourth-order valence-electron chi connectivity index (χ4n) is 1.21. The summed E-state index contributed by atoms with van der Waals surface area (Å²) in [7, 11) is 0. The summed E-state index contributed by atoms with van der Waals surface area (Å²) in [4.78, 5) is 11.5. The summed E-state index contributed by atoms with van der Waals surface area (Å²) in [6, 6.07) is 5.65. The van der Waals surface area contributed by atoms with Gasteiger partial charge >= 0.3 is 6.09 Å². The summed E-state index contributed by atoms with van der Waals surface area (Å²) in [6.07, 6.45) is -0.466. The molecule has 88 valence electrons. The van der Waals surface area contributed by atoms with Gasteiger partial charge in [0, 0.05) is 12.6 Å². The van der Waals surface area contributed by atoms with Crippen molar-refractivity contribution in [3.63, 3.8) is 0 Å². The van der Waals surface area contributed by atoms with Crippen molar-refractivity contribution in [2.45, 2.75) is 26.8 Å². The van der Waals surface area contributed by atoms with Crippen LogP contribution in [0, 0.1) is 13.8 Å². The summed E-state index contributed by atoms with van der Waals surface area (Å²) in [5, 5.41) is 2.64. The number of hydrogen-bond donors (Lipinski definition) is 2. The first-order chi connectivity index (χ1) is 7.52. The van der Waals surface area contributed by atoms with Crippen LogP contribution < -0.4 is 15.8 Å². The van der Waals surface area contributed by atoms with Crippen molar-refractivity contribution in [1.82, 2.24) is 5.32 Å². The van der Waals surface area contributed by atoms with E-state index in [0.29, 0.717) is 12.3 Å². The van der Waals surface area contributed by atoms with Gasteiger partial charge in [-0.1, -0.05) is 12.1 Å². The van der Waals surface area contributed by atoms with Crippen molar-refractivity contribution in [3.05, 3.63) is 29.3 Å². The van der Waals surface area contributed by atoms with Crippen LogP contribution in [0.4, 0.5) is 4.79 Å². The first kappa shape index (κ1) is 12.5. The maximum Gasteiger partial charge on any atom is 0.412 e. The number of carbonyl (C=O) groups is 1. The molecular formula is C12H18N2O2. The highest BCUT2D eigenvalue weighted by molar-refractivity contribution is 5.71. The number of ether oxygens (including phenoxy) is 1. The lowest BCUT2D eigenvalue weighted by atomic mass is 10.1. The zero-order valence-corrected chi connectivity index (χ0v) is 9.91. The van der Waals surface area contributed by atoms with E-state index in [1.54, 1.807) is 0 Å². The van der Waals surface area contributed by atoms with E-state index in [-0.39, 0.29) is 6.04 Å². The molecule has 1 amide bonds. The molecule has 0 saturated carbocycles. The Morgan fingerprint density at radius 1 is 1.50 bits per heavy atom. The molecule has 1 rings (SSSR count). The Balaban J connectivity index is 2.65. The minimum absolute atomic E-state index is 0.0855. The number of benzene rings is 1. The maximum atomic E-state index is 11.5. The monoisotopic (exact) mass is 222 g/mol. The average molecular weight is 222 g/mol. The second kappa shape index (κ2) is 5.51. The van der Waals surface area contributed by atoms with Gasteiger partial charge in [0.05, 0.1) is 0 Å². The molecule has 4 heteroatoms. The molecule has 0 heterocycles. The highest BCUT2D eigenvalue weighted by Gasteiger charge is 2.09. The average Bonchev–Trinajstić information content (AvgIpc) is 2.23. The largest absolute Gasteiger partial charge is 0.412 e. The van der Waals surface area contributed by atoms with Gasteiger partial charge < -0.3 is 15.8 Å². The van der Waals surface area contributed by atoms with Crippen LogP contribution in [0.15, 0.2) is 18.2 Å². The molecule has 3 N–H and O–H groups in total. The number of aryl methyl sites for hydroxylation is 2. The lowest BCUT2D eigenvalue weighted by Crippen LogP contribution is -2.39. The van der Waals surface area contributed by atoms with Crippen molar-refractivity contribution in [3.8, 4) is 5.75 Å². The third-order valence-corrected chi connectivity index (χ3v) is 2.26. The van der Waals surface area contributed by atoms with Crippen LogP contribution in [0.2, 0.25) is 0 Å². The minimum Gasteiger partial charge on any atom is -0.410 e. The van der Waals surface area contributed by atoms with E-state index in [9.17, 15) is 4.79 Å². The molecule has 0 aromatic heterocycles. The SMILES string of the molecule is Cc1ccc(C)c(OC(=O)NC(C)CN)c1. The number of nitrogens with two attached hydrogens (primary N) is 1.